The Balaban J connectivity index is 2.37. The molecule has 0 atom stereocenters. The number of nitrogens with one attached hydrogen (secondary N) is 1. The Bertz CT molecular complexity index is 549. The van der Waals surface area contributed by atoms with Gasteiger partial charge >= 0.3 is 0 Å². The monoisotopic (exact) mass is 206 g/mol. The van der Waals surface area contributed by atoms with Crippen LogP contribution in [-0.2, 0) is 0 Å². The molecule has 1 aliphatic carbocycles. The zero-order valence-electron chi connectivity index (χ0n) is 7.53. The van der Waals surface area contributed by atoms with E-state index in [1.54, 1.807) is 6.20 Å². The van der Waals surface area contributed by atoms with Gasteiger partial charge in [0, 0.05) is 6.04 Å². The molecule has 3 N–H and O–H groups in total. The van der Waals surface area contributed by atoms with E-state index in [0.717, 1.165) is 15.9 Å². The van der Waals surface area contributed by atoms with Crippen LogP contribution in [0.25, 0.3) is 11.2 Å². The molecule has 0 radical (unpaired) electrons. The number of fused-ring (bicyclic) bond motifs is 1. The maximum Gasteiger partial charge on any atom is 0.179 e. The number of imidazole rings is 1. The van der Waals surface area contributed by atoms with Crippen molar-refractivity contribution < 1.29 is 0 Å². The molecular formula is C9H10N4S. The van der Waals surface area contributed by atoms with Crippen molar-refractivity contribution in [3.05, 3.63) is 17.0 Å². The van der Waals surface area contributed by atoms with Gasteiger partial charge in [-0.1, -0.05) is 0 Å². The molecule has 72 valence electrons. The Kier molecular flexibility index (Phi) is 1.47. The summed E-state index contributed by atoms with van der Waals surface area (Å²) in [5.74, 6) is 0. The maximum atomic E-state index is 5.65. The Morgan fingerprint density at radius 3 is 3.07 bits per heavy atom. The van der Waals surface area contributed by atoms with E-state index in [-0.39, 0.29) is 0 Å². The molecule has 2 heterocycles. The fraction of sp³-hybridized carbons (Fsp3) is 0.333. The molecule has 0 unspecified atom stereocenters. The van der Waals surface area contributed by atoms with E-state index in [2.05, 4.69) is 14.5 Å². The minimum atomic E-state index is 0.548. The number of nitrogen functional groups attached to an aromatic ring is 1. The molecule has 1 aliphatic rings. The normalized spacial score (nSPS) is 16.3. The van der Waals surface area contributed by atoms with Crippen molar-refractivity contribution in [2.75, 3.05) is 5.73 Å². The highest BCUT2D eigenvalue weighted by atomic mass is 32.1. The van der Waals surface area contributed by atoms with Gasteiger partial charge in [-0.25, -0.2) is 4.98 Å². The van der Waals surface area contributed by atoms with Crippen LogP contribution in [0, 0.1) is 4.77 Å². The number of H-pyrrole nitrogens is 1. The van der Waals surface area contributed by atoms with Gasteiger partial charge in [0.15, 0.2) is 10.4 Å². The van der Waals surface area contributed by atoms with Crippen LogP contribution in [0.3, 0.4) is 0 Å². The number of nitrogens with two attached hydrogens (primary N) is 1. The molecule has 0 saturated heterocycles. The molecule has 0 aliphatic heterocycles. The summed E-state index contributed by atoms with van der Waals surface area (Å²) in [5.41, 5.74) is 8.17. The number of aromatic amines is 1. The number of aromatic nitrogens is 3. The molecule has 4 nitrogen and oxygen atoms in total. The van der Waals surface area contributed by atoms with Crippen LogP contribution in [0.2, 0.25) is 0 Å². The van der Waals surface area contributed by atoms with Crippen LogP contribution in [0.1, 0.15) is 18.9 Å². The predicted molar refractivity (Wildman–Crippen MR) is 57.6 cm³/mol. The standard InChI is InChI=1S/C9H10N4S/c10-5-3-7-8(11-4-5)13(6-1-2-6)9(14)12-7/h3-4,6H,1-2,10H2,(H,12,14). The van der Waals surface area contributed by atoms with E-state index in [1.165, 1.54) is 12.8 Å². The summed E-state index contributed by atoms with van der Waals surface area (Å²) < 4.78 is 2.84. The van der Waals surface area contributed by atoms with Gasteiger partial charge in [-0.05, 0) is 31.1 Å². The van der Waals surface area contributed by atoms with Gasteiger partial charge in [0.05, 0.1) is 17.4 Å². The minimum absolute atomic E-state index is 0.548. The second kappa shape index (κ2) is 2.57. The summed E-state index contributed by atoms with van der Waals surface area (Å²) >= 11 is 5.24. The molecule has 2 aromatic heterocycles. The summed E-state index contributed by atoms with van der Waals surface area (Å²) in [6.07, 6.45) is 4.07. The summed E-state index contributed by atoms with van der Waals surface area (Å²) in [6, 6.07) is 2.42. The third-order valence-corrected chi connectivity index (χ3v) is 2.79. The average Bonchev–Trinajstić information content (AvgIpc) is 2.89. The van der Waals surface area contributed by atoms with Crippen molar-refractivity contribution in [3.63, 3.8) is 0 Å². The lowest BCUT2D eigenvalue weighted by molar-refractivity contribution is 0.745. The zero-order valence-corrected chi connectivity index (χ0v) is 8.34. The Labute approximate surface area is 85.8 Å². The highest BCUT2D eigenvalue weighted by molar-refractivity contribution is 7.71. The fourth-order valence-corrected chi connectivity index (χ4v) is 2.05. The molecule has 5 heteroatoms. The molecule has 3 rings (SSSR count). The van der Waals surface area contributed by atoms with Crippen LogP contribution in [0.15, 0.2) is 12.3 Å². The van der Waals surface area contributed by atoms with E-state index in [1.807, 2.05) is 6.07 Å². The van der Waals surface area contributed by atoms with Crippen molar-refractivity contribution in [2.45, 2.75) is 18.9 Å². The molecule has 1 fully saturated rings. The van der Waals surface area contributed by atoms with Gasteiger partial charge in [0.2, 0.25) is 0 Å². The van der Waals surface area contributed by atoms with Gasteiger partial charge < -0.3 is 10.7 Å². The first-order valence-electron chi connectivity index (χ1n) is 4.61. The van der Waals surface area contributed by atoms with Gasteiger partial charge in [-0.3, -0.25) is 4.57 Å². The molecule has 1 saturated carbocycles. The highest BCUT2D eigenvalue weighted by Gasteiger charge is 2.26. The lowest BCUT2D eigenvalue weighted by Crippen LogP contribution is -1.95. The van der Waals surface area contributed by atoms with E-state index in [0.29, 0.717) is 11.7 Å². The third kappa shape index (κ3) is 1.05. The summed E-state index contributed by atoms with van der Waals surface area (Å²) in [5, 5.41) is 0. The Hall–Kier alpha value is -1.36. The summed E-state index contributed by atoms with van der Waals surface area (Å²) in [6.45, 7) is 0. The van der Waals surface area contributed by atoms with Crippen LogP contribution in [-0.4, -0.2) is 14.5 Å². The molecule has 14 heavy (non-hydrogen) atoms. The number of anilines is 1. The van der Waals surface area contributed by atoms with Crippen LogP contribution in [0.4, 0.5) is 5.69 Å². The van der Waals surface area contributed by atoms with Crippen LogP contribution < -0.4 is 5.73 Å². The molecule has 2 aromatic rings. The van der Waals surface area contributed by atoms with E-state index < -0.39 is 0 Å². The van der Waals surface area contributed by atoms with E-state index in [4.69, 9.17) is 18.0 Å². The van der Waals surface area contributed by atoms with Gasteiger partial charge in [-0.2, -0.15) is 0 Å². The van der Waals surface area contributed by atoms with Gasteiger partial charge in [-0.15, -0.1) is 0 Å². The first-order valence-corrected chi connectivity index (χ1v) is 5.02. The topological polar surface area (TPSA) is 59.6 Å². The predicted octanol–water partition coefficient (Wildman–Crippen LogP) is 2.01. The quantitative estimate of drug-likeness (QED) is 0.702. The molecular weight excluding hydrogens is 196 g/mol. The fourth-order valence-electron chi connectivity index (χ4n) is 1.70. The SMILES string of the molecule is Nc1cnc2c(c1)[nH]c(=S)n2C1CC1. The molecule has 0 amide bonds. The number of pyridine rings is 1. The first kappa shape index (κ1) is 7.99. The van der Waals surface area contributed by atoms with Crippen molar-refractivity contribution in [1.29, 1.82) is 0 Å². The second-order valence-electron chi connectivity index (χ2n) is 3.67. The summed E-state index contributed by atoms with van der Waals surface area (Å²) in [4.78, 5) is 7.43. The first-order chi connectivity index (χ1) is 6.75. The number of nitrogens with zero attached hydrogens (tertiary/aromatic N) is 2. The Morgan fingerprint density at radius 1 is 1.57 bits per heavy atom. The molecule has 0 bridgehead atoms. The number of rotatable bonds is 1. The number of hydrogen-bond acceptors (Lipinski definition) is 3. The number of hydrogen-bond donors (Lipinski definition) is 2. The van der Waals surface area contributed by atoms with Gasteiger partial charge in [0.1, 0.15) is 0 Å². The Morgan fingerprint density at radius 2 is 2.36 bits per heavy atom. The lowest BCUT2D eigenvalue weighted by Gasteiger charge is -1.99. The van der Waals surface area contributed by atoms with Crippen LogP contribution in [0.5, 0.6) is 0 Å². The zero-order chi connectivity index (χ0) is 9.71. The minimum Gasteiger partial charge on any atom is -0.397 e. The van der Waals surface area contributed by atoms with Crippen molar-refractivity contribution in [2.24, 2.45) is 0 Å². The third-order valence-electron chi connectivity index (χ3n) is 2.49. The second-order valence-corrected chi connectivity index (χ2v) is 4.06. The molecule has 0 spiro atoms. The largest absolute Gasteiger partial charge is 0.397 e. The smallest absolute Gasteiger partial charge is 0.179 e. The van der Waals surface area contributed by atoms with Crippen molar-refractivity contribution in [1.82, 2.24) is 14.5 Å². The van der Waals surface area contributed by atoms with Crippen molar-refractivity contribution in [3.8, 4) is 0 Å². The maximum absolute atomic E-state index is 5.65. The molecule has 0 aromatic carbocycles. The van der Waals surface area contributed by atoms with Gasteiger partial charge in [0.25, 0.3) is 0 Å². The van der Waals surface area contributed by atoms with Crippen LogP contribution >= 0.6 is 12.2 Å². The lowest BCUT2D eigenvalue weighted by atomic mass is 10.4. The average molecular weight is 206 g/mol. The van der Waals surface area contributed by atoms with E-state index >= 15 is 0 Å². The highest BCUT2D eigenvalue weighted by Crippen LogP contribution is 2.37. The van der Waals surface area contributed by atoms with E-state index in [9.17, 15) is 0 Å². The van der Waals surface area contributed by atoms with Crippen molar-refractivity contribution >= 4 is 29.1 Å². The summed E-state index contributed by atoms with van der Waals surface area (Å²) in [7, 11) is 0.